The molecule has 0 amide bonds. The molecule has 1 fully saturated rings. The first kappa shape index (κ1) is 10.9. The molecule has 2 nitrogen and oxygen atoms in total. The van der Waals surface area contributed by atoms with Crippen LogP contribution in [0.2, 0.25) is 0 Å². The van der Waals surface area contributed by atoms with Crippen LogP contribution in [0, 0.1) is 17.2 Å². The van der Waals surface area contributed by atoms with E-state index in [4.69, 9.17) is 5.26 Å². The van der Waals surface area contributed by atoms with Gasteiger partial charge in [-0.2, -0.15) is 17.0 Å². The minimum absolute atomic E-state index is 0.140. The minimum Gasteiger partial charge on any atom is -0.287 e. The maximum Gasteiger partial charge on any atom is 0.0975 e. The summed E-state index contributed by atoms with van der Waals surface area (Å²) in [5.74, 6) is 3.16. The molecule has 1 aliphatic rings. The van der Waals surface area contributed by atoms with Crippen LogP contribution in [0.3, 0.4) is 0 Å². The molecule has 74 valence electrons. The third-order valence-electron chi connectivity index (χ3n) is 2.45. The van der Waals surface area contributed by atoms with Crippen molar-refractivity contribution in [3.63, 3.8) is 0 Å². The van der Waals surface area contributed by atoms with Crippen LogP contribution in [0.5, 0.6) is 0 Å². The number of hydrogen-bond acceptors (Lipinski definition) is 3. The molecule has 0 aromatic rings. The standard InChI is InChI=1S/C10H18N2S/c1-3-10(6-11)12-4-5-13-8-9(2)7-12/h9-10H,3-5,7-8H2,1-2H3. The Balaban J connectivity index is 2.51. The van der Waals surface area contributed by atoms with E-state index in [0.29, 0.717) is 0 Å². The van der Waals surface area contributed by atoms with E-state index in [2.05, 4.69) is 24.8 Å². The molecule has 3 heteroatoms. The van der Waals surface area contributed by atoms with Crippen LogP contribution in [-0.2, 0) is 0 Å². The summed E-state index contributed by atoms with van der Waals surface area (Å²) in [4.78, 5) is 2.34. The monoisotopic (exact) mass is 198 g/mol. The predicted molar refractivity (Wildman–Crippen MR) is 57.8 cm³/mol. The molecule has 0 aliphatic carbocycles. The lowest BCUT2D eigenvalue weighted by atomic mass is 10.1. The van der Waals surface area contributed by atoms with Gasteiger partial charge in [-0.05, 0) is 18.1 Å². The van der Waals surface area contributed by atoms with Gasteiger partial charge < -0.3 is 0 Å². The second-order valence-corrected chi connectivity index (χ2v) is 4.88. The average molecular weight is 198 g/mol. The summed E-state index contributed by atoms with van der Waals surface area (Å²) >= 11 is 2.01. The Kier molecular flexibility index (Phi) is 4.61. The van der Waals surface area contributed by atoms with Crippen molar-refractivity contribution in [2.24, 2.45) is 5.92 Å². The van der Waals surface area contributed by atoms with Crippen molar-refractivity contribution in [2.75, 3.05) is 24.6 Å². The summed E-state index contributed by atoms with van der Waals surface area (Å²) < 4.78 is 0. The molecule has 0 radical (unpaired) electrons. The number of nitriles is 1. The van der Waals surface area contributed by atoms with Gasteiger partial charge >= 0.3 is 0 Å². The summed E-state index contributed by atoms with van der Waals surface area (Å²) in [6.45, 7) is 6.55. The fraction of sp³-hybridized carbons (Fsp3) is 0.900. The third kappa shape index (κ3) is 3.21. The van der Waals surface area contributed by atoms with Crippen LogP contribution in [0.25, 0.3) is 0 Å². The molecule has 2 atom stereocenters. The Morgan fingerprint density at radius 2 is 2.46 bits per heavy atom. The molecule has 2 unspecified atom stereocenters. The molecule has 13 heavy (non-hydrogen) atoms. The van der Waals surface area contributed by atoms with Crippen molar-refractivity contribution in [1.29, 1.82) is 5.26 Å². The van der Waals surface area contributed by atoms with E-state index in [9.17, 15) is 0 Å². The average Bonchev–Trinajstić information content (AvgIpc) is 2.32. The molecule has 1 saturated heterocycles. The lowest BCUT2D eigenvalue weighted by Gasteiger charge is -2.25. The normalized spacial score (nSPS) is 27.6. The lowest BCUT2D eigenvalue weighted by Crippen LogP contribution is -2.37. The summed E-state index contributed by atoms with van der Waals surface area (Å²) in [7, 11) is 0. The predicted octanol–water partition coefficient (Wildman–Crippen LogP) is 1.97. The first-order valence-electron chi connectivity index (χ1n) is 4.99. The molecule has 1 aliphatic heterocycles. The van der Waals surface area contributed by atoms with E-state index < -0.39 is 0 Å². The summed E-state index contributed by atoms with van der Waals surface area (Å²) in [5.41, 5.74) is 0. The van der Waals surface area contributed by atoms with Crippen molar-refractivity contribution in [3.8, 4) is 6.07 Å². The lowest BCUT2D eigenvalue weighted by molar-refractivity contribution is 0.222. The summed E-state index contributed by atoms with van der Waals surface area (Å²) in [6.07, 6.45) is 0.952. The van der Waals surface area contributed by atoms with Gasteiger partial charge in [0.2, 0.25) is 0 Å². The van der Waals surface area contributed by atoms with Gasteiger partial charge in [-0.15, -0.1) is 0 Å². The molecular weight excluding hydrogens is 180 g/mol. The molecule has 1 rings (SSSR count). The molecule has 0 N–H and O–H groups in total. The van der Waals surface area contributed by atoms with Gasteiger partial charge in [0.05, 0.1) is 12.1 Å². The van der Waals surface area contributed by atoms with E-state index in [1.54, 1.807) is 0 Å². The highest BCUT2D eigenvalue weighted by molar-refractivity contribution is 7.99. The number of thioether (sulfide) groups is 1. The number of nitrogens with zero attached hydrogens (tertiary/aromatic N) is 2. The molecule has 0 aromatic carbocycles. The van der Waals surface area contributed by atoms with Gasteiger partial charge in [-0.3, -0.25) is 4.90 Å². The van der Waals surface area contributed by atoms with E-state index in [0.717, 1.165) is 25.4 Å². The Morgan fingerprint density at radius 3 is 3.08 bits per heavy atom. The fourth-order valence-electron chi connectivity index (χ4n) is 1.72. The largest absolute Gasteiger partial charge is 0.287 e. The molecular formula is C10H18N2S. The highest BCUT2D eigenvalue weighted by Crippen LogP contribution is 2.17. The highest BCUT2D eigenvalue weighted by atomic mass is 32.2. The summed E-state index contributed by atoms with van der Waals surface area (Å²) in [6, 6.07) is 2.53. The van der Waals surface area contributed by atoms with Crippen molar-refractivity contribution in [2.45, 2.75) is 26.3 Å². The van der Waals surface area contributed by atoms with Gasteiger partial charge in [0.1, 0.15) is 0 Å². The van der Waals surface area contributed by atoms with Crippen LogP contribution in [-0.4, -0.2) is 35.5 Å². The third-order valence-corrected chi connectivity index (χ3v) is 3.72. The van der Waals surface area contributed by atoms with Crippen LogP contribution in [0.1, 0.15) is 20.3 Å². The zero-order chi connectivity index (χ0) is 9.68. The topological polar surface area (TPSA) is 27.0 Å². The second kappa shape index (κ2) is 5.51. The SMILES string of the molecule is CCC(C#N)N1CCSCC(C)C1. The molecule has 1 heterocycles. The van der Waals surface area contributed by atoms with Crippen molar-refractivity contribution >= 4 is 11.8 Å². The van der Waals surface area contributed by atoms with Gasteiger partial charge in [0.25, 0.3) is 0 Å². The Morgan fingerprint density at radius 1 is 1.69 bits per heavy atom. The zero-order valence-electron chi connectivity index (χ0n) is 8.49. The minimum atomic E-state index is 0.140. The highest BCUT2D eigenvalue weighted by Gasteiger charge is 2.20. The summed E-state index contributed by atoms with van der Waals surface area (Å²) in [5, 5.41) is 8.96. The van der Waals surface area contributed by atoms with Crippen molar-refractivity contribution in [1.82, 2.24) is 4.90 Å². The first-order chi connectivity index (χ1) is 6.27. The van der Waals surface area contributed by atoms with Crippen LogP contribution in [0.15, 0.2) is 0 Å². The van der Waals surface area contributed by atoms with Gasteiger partial charge in [-0.25, -0.2) is 0 Å². The maximum atomic E-state index is 8.96. The van der Waals surface area contributed by atoms with E-state index in [1.807, 2.05) is 11.8 Å². The van der Waals surface area contributed by atoms with Crippen molar-refractivity contribution in [3.05, 3.63) is 0 Å². The Labute approximate surface area is 85.3 Å². The van der Waals surface area contributed by atoms with Gasteiger partial charge in [-0.1, -0.05) is 13.8 Å². The quantitative estimate of drug-likeness (QED) is 0.679. The van der Waals surface area contributed by atoms with Crippen LogP contribution >= 0.6 is 11.8 Å². The van der Waals surface area contributed by atoms with E-state index in [-0.39, 0.29) is 6.04 Å². The smallest absolute Gasteiger partial charge is 0.0975 e. The molecule has 0 spiro atoms. The Hall–Kier alpha value is -0.200. The first-order valence-corrected chi connectivity index (χ1v) is 6.14. The van der Waals surface area contributed by atoms with Gasteiger partial charge in [0, 0.05) is 18.8 Å². The van der Waals surface area contributed by atoms with Crippen LogP contribution < -0.4 is 0 Å². The maximum absolute atomic E-state index is 8.96. The fourth-order valence-corrected chi connectivity index (χ4v) is 2.76. The van der Waals surface area contributed by atoms with E-state index >= 15 is 0 Å². The zero-order valence-corrected chi connectivity index (χ0v) is 9.31. The second-order valence-electron chi connectivity index (χ2n) is 3.73. The Bertz CT molecular complexity index is 188. The molecule has 0 saturated carbocycles. The molecule has 0 bridgehead atoms. The molecule has 0 aromatic heterocycles. The van der Waals surface area contributed by atoms with Crippen molar-refractivity contribution < 1.29 is 0 Å². The van der Waals surface area contributed by atoms with Crippen LogP contribution in [0.4, 0.5) is 0 Å². The number of hydrogen-bond donors (Lipinski definition) is 0. The van der Waals surface area contributed by atoms with Gasteiger partial charge in [0.15, 0.2) is 0 Å². The number of rotatable bonds is 2. The van der Waals surface area contributed by atoms with E-state index in [1.165, 1.54) is 11.5 Å².